The molecule has 0 spiro atoms. The van der Waals surface area contributed by atoms with Crippen LogP contribution < -0.4 is 0 Å². The minimum atomic E-state index is 0.512. The zero-order valence-corrected chi connectivity index (χ0v) is 11.2. The van der Waals surface area contributed by atoms with E-state index in [1.54, 1.807) is 0 Å². The van der Waals surface area contributed by atoms with Gasteiger partial charge in [-0.1, -0.05) is 23.7 Å². The van der Waals surface area contributed by atoms with E-state index in [1.807, 2.05) is 38.1 Å². The lowest BCUT2D eigenvalue weighted by Crippen LogP contribution is -2.03. The number of aldehydes is 1. The Hall–Kier alpha value is -1.61. The minimum Gasteiger partial charge on any atom is -0.331 e. The Morgan fingerprint density at radius 2 is 1.94 bits per heavy atom. The molecule has 1 aromatic carbocycles. The van der Waals surface area contributed by atoms with Crippen LogP contribution in [0.4, 0.5) is 0 Å². The first kappa shape index (κ1) is 12.8. The molecule has 2 aromatic rings. The zero-order chi connectivity index (χ0) is 13.1. The van der Waals surface area contributed by atoms with Crippen LogP contribution in [0.5, 0.6) is 0 Å². The molecule has 0 saturated carbocycles. The topological polar surface area (TPSA) is 34.9 Å². The number of hydrogen-bond acceptors (Lipinski definition) is 2. The molecule has 18 heavy (non-hydrogen) atoms. The highest BCUT2D eigenvalue weighted by molar-refractivity contribution is 6.30. The Bertz CT molecular complexity index is 558. The highest BCUT2D eigenvalue weighted by atomic mass is 35.5. The summed E-state index contributed by atoms with van der Waals surface area (Å²) < 4.78 is 2.07. The van der Waals surface area contributed by atoms with Crippen LogP contribution in [0.25, 0.3) is 11.3 Å². The molecule has 0 aliphatic carbocycles. The molecule has 2 rings (SSSR count). The number of rotatable bonds is 4. The predicted molar refractivity (Wildman–Crippen MR) is 72.8 cm³/mol. The maximum atomic E-state index is 10.5. The lowest BCUT2D eigenvalue weighted by atomic mass is 10.1. The van der Waals surface area contributed by atoms with E-state index in [9.17, 15) is 4.79 Å². The average Bonchev–Trinajstić information content (AvgIpc) is 2.64. The van der Waals surface area contributed by atoms with Gasteiger partial charge in [-0.2, -0.15) is 0 Å². The monoisotopic (exact) mass is 262 g/mol. The number of aryl methyl sites for hydroxylation is 1. The first-order valence-corrected chi connectivity index (χ1v) is 6.24. The number of imidazole rings is 1. The average molecular weight is 263 g/mol. The largest absolute Gasteiger partial charge is 0.331 e. The highest BCUT2D eigenvalue weighted by Crippen LogP contribution is 2.25. The van der Waals surface area contributed by atoms with Crippen LogP contribution in [0.2, 0.25) is 5.02 Å². The third kappa shape index (κ3) is 2.46. The van der Waals surface area contributed by atoms with Crippen molar-refractivity contribution in [1.82, 2.24) is 9.55 Å². The van der Waals surface area contributed by atoms with Gasteiger partial charge in [-0.25, -0.2) is 4.98 Å². The van der Waals surface area contributed by atoms with Gasteiger partial charge in [0.2, 0.25) is 0 Å². The maximum Gasteiger partial charge on any atom is 0.121 e. The van der Waals surface area contributed by atoms with Gasteiger partial charge < -0.3 is 9.36 Å². The molecule has 3 nitrogen and oxygen atoms in total. The Morgan fingerprint density at radius 1 is 1.28 bits per heavy atom. The molecule has 0 atom stereocenters. The molecule has 0 amide bonds. The molecule has 0 fully saturated rings. The fourth-order valence-electron chi connectivity index (χ4n) is 2.07. The van der Waals surface area contributed by atoms with Gasteiger partial charge in [0.25, 0.3) is 0 Å². The summed E-state index contributed by atoms with van der Waals surface area (Å²) in [5.41, 5.74) is 3.08. The van der Waals surface area contributed by atoms with Gasteiger partial charge in [0, 0.05) is 29.2 Å². The molecule has 0 aliphatic rings. The molecule has 0 saturated heterocycles. The fourth-order valence-corrected chi connectivity index (χ4v) is 2.19. The number of hydrogen-bond donors (Lipinski definition) is 0. The van der Waals surface area contributed by atoms with Gasteiger partial charge in [0.05, 0.1) is 5.69 Å². The van der Waals surface area contributed by atoms with Crippen molar-refractivity contribution in [1.29, 1.82) is 0 Å². The number of halogens is 1. The van der Waals surface area contributed by atoms with Crippen molar-refractivity contribution in [2.75, 3.05) is 0 Å². The summed E-state index contributed by atoms with van der Waals surface area (Å²) in [6.07, 6.45) is 1.44. The molecule has 1 aromatic heterocycles. The van der Waals surface area contributed by atoms with Crippen molar-refractivity contribution in [2.24, 2.45) is 0 Å². The van der Waals surface area contributed by atoms with Gasteiger partial charge in [-0.15, -0.1) is 0 Å². The number of benzene rings is 1. The van der Waals surface area contributed by atoms with Crippen molar-refractivity contribution >= 4 is 17.9 Å². The molecule has 0 radical (unpaired) electrons. The van der Waals surface area contributed by atoms with E-state index in [0.717, 1.165) is 29.1 Å². The second-order valence-corrected chi connectivity index (χ2v) is 4.64. The van der Waals surface area contributed by atoms with Crippen LogP contribution in [0.15, 0.2) is 24.3 Å². The smallest absolute Gasteiger partial charge is 0.121 e. The third-order valence-electron chi connectivity index (χ3n) is 3.00. The Labute approximate surface area is 111 Å². The van der Waals surface area contributed by atoms with Crippen LogP contribution in [0, 0.1) is 13.8 Å². The summed E-state index contributed by atoms with van der Waals surface area (Å²) in [6, 6.07) is 7.63. The lowest BCUT2D eigenvalue weighted by molar-refractivity contribution is -0.108. The number of aromatic nitrogens is 2. The molecule has 4 heteroatoms. The van der Waals surface area contributed by atoms with Gasteiger partial charge in [-0.05, 0) is 26.0 Å². The van der Waals surface area contributed by atoms with Crippen molar-refractivity contribution in [3.8, 4) is 11.3 Å². The van der Waals surface area contributed by atoms with Crippen molar-refractivity contribution < 1.29 is 4.79 Å². The van der Waals surface area contributed by atoms with E-state index >= 15 is 0 Å². The lowest BCUT2D eigenvalue weighted by Gasteiger charge is -2.05. The standard InChI is InChI=1S/C14H15ClN2O/c1-10-14(12-4-6-13(15)7-5-12)16-11(2)17(10)8-3-9-18/h4-7,9H,3,8H2,1-2H3. The molecule has 1 heterocycles. The molecular formula is C14H15ClN2O. The van der Waals surface area contributed by atoms with Gasteiger partial charge in [0.1, 0.15) is 12.1 Å². The van der Waals surface area contributed by atoms with Crippen LogP contribution in [0.3, 0.4) is 0 Å². The summed E-state index contributed by atoms with van der Waals surface area (Å²) in [4.78, 5) is 15.0. The second kappa shape index (κ2) is 5.36. The van der Waals surface area contributed by atoms with E-state index in [2.05, 4.69) is 9.55 Å². The third-order valence-corrected chi connectivity index (χ3v) is 3.25. The predicted octanol–water partition coefficient (Wildman–Crippen LogP) is 3.41. The highest BCUT2D eigenvalue weighted by Gasteiger charge is 2.12. The molecule has 0 unspecified atom stereocenters. The number of carbonyl (C=O) groups excluding carboxylic acids is 1. The fraction of sp³-hybridized carbons (Fsp3) is 0.286. The Balaban J connectivity index is 2.40. The molecule has 0 aliphatic heterocycles. The first-order valence-electron chi connectivity index (χ1n) is 5.86. The Morgan fingerprint density at radius 3 is 2.56 bits per heavy atom. The molecule has 0 bridgehead atoms. The van der Waals surface area contributed by atoms with E-state index in [4.69, 9.17) is 11.6 Å². The van der Waals surface area contributed by atoms with Crippen molar-refractivity contribution in [3.05, 3.63) is 40.8 Å². The van der Waals surface area contributed by atoms with Gasteiger partial charge >= 0.3 is 0 Å². The van der Waals surface area contributed by atoms with Gasteiger partial charge in [-0.3, -0.25) is 0 Å². The maximum absolute atomic E-state index is 10.5. The van der Waals surface area contributed by atoms with Crippen LogP contribution in [-0.4, -0.2) is 15.8 Å². The van der Waals surface area contributed by atoms with Gasteiger partial charge in [0.15, 0.2) is 0 Å². The van der Waals surface area contributed by atoms with E-state index in [0.29, 0.717) is 18.0 Å². The molecule has 94 valence electrons. The quantitative estimate of drug-likeness (QED) is 0.792. The zero-order valence-electron chi connectivity index (χ0n) is 10.5. The SMILES string of the molecule is Cc1nc(-c2ccc(Cl)cc2)c(C)n1CCC=O. The summed E-state index contributed by atoms with van der Waals surface area (Å²) in [7, 11) is 0. The summed E-state index contributed by atoms with van der Waals surface area (Å²) in [5, 5.41) is 0.716. The first-order chi connectivity index (χ1) is 8.63. The normalized spacial score (nSPS) is 10.6. The van der Waals surface area contributed by atoms with E-state index in [1.165, 1.54) is 0 Å². The van der Waals surface area contributed by atoms with Crippen LogP contribution >= 0.6 is 11.6 Å². The second-order valence-electron chi connectivity index (χ2n) is 4.21. The summed E-state index contributed by atoms with van der Waals surface area (Å²) >= 11 is 5.88. The van der Waals surface area contributed by atoms with E-state index in [-0.39, 0.29) is 0 Å². The molecule has 0 N–H and O–H groups in total. The molecular weight excluding hydrogens is 248 g/mol. The minimum absolute atomic E-state index is 0.512. The Kier molecular flexibility index (Phi) is 3.82. The number of carbonyl (C=O) groups is 1. The van der Waals surface area contributed by atoms with E-state index < -0.39 is 0 Å². The summed E-state index contributed by atoms with van der Waals surface area (Å²) in [6.45, 7) is 4.66. The summed E-state index contributed by atoms with van der Waals surface area (Å²) in [5.74, 6) is 0.930. The van der Waals surface area contributed by atoms with Crippen molar-refractivity contribution in [2.45, 2.75) is 26.8 Å². The number of nitrogens with zero attached hydrogens (tertiary/aromatic N) is 2. The van der Waals surface area contributed by atoms with Crippen LogP contribution in [0.1, 0.15) is 17.9 Å². The van der Waals surface area contributed by atoms with Crippen LogP contribution in [-0.2, 0) is 11.3 Å². The van der Waals surface area contributed by atoms with Crippen molar-refractivity contribution in [3.63, 3.8) is 0 Å².